The van der Waals surface area contributed by atoms with Crippen molar-refractivity contribution in [3.05, 3.63) is 94.6 Å². The Labute approximate surface area is 283 Å². The van der Waals surface area contributed by atoms with E-state index in [2.05, 4.69) is 10.6 Å². The van der Waals surface area contributed by atoms with Crippen molar-refractivity contribution in [2.75, 3.05) is 26.2 Å². The predicted octanol–water partition coefficient (Wildman–Crippen LogP) is 4.85. The Morgan fingerprint density at radius 3 is 2.15 bits per heavy atom. The molecule has 0 fully saturated rings. The highest BCUT2D eigenvalue weighted by Crippen LogP contribution is 2.44. The predicted molar refractivity (Wildman–Crippen MR) is 185 cm³/mol. The van der Waals surface area contributed by atoms with Crippen LogP contribution in [0.2, 0.25) is 0 Å². The molecule has 8 nitrogen and oxygen atoms in total. The molecule has 0 bridgehead atoms. The summed E-state index contributed by atoms with van der Waals surface area (Å²) in [6.45, 7) is 11.1. The quantitative estimate of drug-likeness (QED) is 0.181. The second kappa shape index (κ2) is 18.0. The van der Waals surface area contributed by atoms with E-state index >= 15 is 0 Å². The fourth-order valence-corrected chi connectivity index (χ4v) is 6.50. The normalized spacial score (nSPS) is 18.0. The number of allylic oxidation sites excluding steroid dienone is 2. The van der Waals surface area contributed by atoms with Crippen LogP contribution in [0, 0.1) is 28.9 Å². The summed E-state index contributed by atoms with van der Waals surface area (Å²) in [5, 5.41) is 18.1. The molecule has 0 radical (unpaired) electrons. The summed E-state index contributed by atoms with van der Waals surface area (Å²) in [6.07, 6.45) is 3.71. The van der Waals surface area contributed by atoms with Crippen LogP contribution in [-0.4, -0.2) is 66.1 Å². The standard InChI is InChI=1S/C38H52F2N4O4/c1-6-13-44(14-7-2)36(47)29-15-26(5)21-38(22-29,37(41)48)32(18-28-16-30(39)20-31(40)17-28)34(45)24-42-33(35(46)43-23-25(3)4)19-27-11-9-8-10-12-27/h8-12,15-17,20-21,25,32-34,42,45H,6-7,13-14,18-19,22-24H2,1-5H3,(H2,41,48)(H,43,46)/t32-,33+,34+,38?/m1/s1. The van der Waals surface area contributed by atoms with E-state index in [4.69, 9.17) is 5.73 Å². The van der Waals surface area contributed by atoms with Gasteiger partial charge in [0, 0.05) is 43.7 Å². The number of benzene rings is 2. The van der Waals surface area contributed by atoms with E-state index in [0.717, 1.165) is 36.6 Å². The van der Waals surface area contributed by atoms with E-state index in [9.17, 15) is 28.3 Å². The van der Waals surface area contributed by atoms with Gasteiger partial charge in [-0.2, -0.15) is 0 Å². The summed E-state index contributed by atoms with van der Waals surface area (Å²) < 4.78 is 28.8. The number of nitrogens with two attached hydrogens (primary N) is 1. The number of carbonyl (C=O) groups excluding carboxylic acids is 3. The van der Waals surface area contributed by atoms with Crippen molar-refractivity contribution in [2.45, 2.75) is 78.9 Å². The third-order valence-electron chi connectivity index (χ3n) is 8.74. The minimum Gasteiger partial charge on any atom is -0.391 e. The van der Waals surface area contributed by atoms with Crippen LogP contribution in [0.1, 0.15) is 65.0 Å². The second-order valence-corrected chi connectivity index (χ2v) is 13.4. The van der Waals surface area contributed by atoms with E-state index in [1.165, 1.54) is 0 Å². The first kappa shape index (κ1) is 38.6. The van der Waals surface area contributed by atoms with Crippen molar-refractivity contribution in [1.82, 2.24) is 15.5 Å². The van der Waals surface area contributed by atoms with Gasteiger partial charge in [-0.1, -0.05) is 75.8 Å². The summed E-state index contributed by atoms with van der Waals surface area (Å²) in [5.41, 5.74) is 6.71. The number of primary amides is 1. The number of aliphatic hydroxyl groups is 1. The molecule has 4 atom stereocenters. The number of hydrogen-bond acceptors (Lipinski definition) is 5. The van der Waals surface area contributed by atoms with Gasteiger partial charge in [-0.05, 0) is 68.2 Å². The van der Waals surface area contributed by atoms with Crippen molar-refractivity contribution in [3.8, 4) is 0 Å². The maximum absolute atomic E-state index is 14.4. The molecule has 0 aliphatic heterocycles. The first-order valence-corrected chi connectivity index (χ1v) is 17.0. The van der Waals surface area contributed by atoms with Crippen molar-refractivity contribution in [3.63, 3.8) is 0 Å². The summed E-state index contributed by atoms with van der Waals surface area (Å²) in [4.78, 5) is 42.5. The van der Waals surface area contributed by atoms with Gasteiger partial charge in [0.15, 0.2) is 0 Å². The molecular formula is C38H52F2N4O4. The molecule has 0 heterocycles. The average Bonchev–Trinajstić information content (AvgIpc) is 3.03. The average molecular weight is 667 g/mol. The van der Waals surface area contributed by atoms with Crippen LogP contribution in [0.5, 0.6) is 0 Å². The lowest BCUT2D eigenvalue weighted by Crippen LogP contribution is -2.54. The van der Waals surface area contributed by atoms with Crippen molar-refractivity contribution < 1.29 is 28.3 Å². The molecule has 48 heavy (non-hydrogen) atoms. The number of rotatable bonds is 18. The molecule has 1 aliphatic carbocycles. The smallest absolute Gasteiger partial charge is 0.249 e. The third-order valence-corrected chi connectivity index (χ3v) is 8.74. The van der Waals surface area contributed by atoms with Gasteiger partial charge in [-0.3, -0.25) is 14.4 Å². The minimum absolute atomic E-state index is 0.0930. The molecule has 262 valence electrons. The van der Waals surface area contributed by atoms with Crippen LogP contribution < -0.4 is 16.4 Å². The summed E-state index contributed by atoms with van der Waals surface area (Å²) in [7, 11) is 0. The highest BCUT2D eigenvalue weighted by molar-refractivity contribution is 5.97. The first-order valence-electron chi connectivity index (χ1n) is 17.0. The molecule has 1 aliphatic rings. The number of amides is 3. The van der Waals surface area contributed by atoms with Gasteiger partial charge in [-0.25, -0.2) is 8.78 Å². The molecule has 10 heteroatoms. The zero-order valence-electron chi connectivity index (χ0n) is 28.9. The van der Waals surface area contributed by atoms with Gasteiger partial charge in [0.1, 0.15) is 11.6 Å². The van der Waals surface area contributed by atoms with E-state index < -0.39 is 41.0 Å². The van der Waals surface area contributed by atoms with Gasteiger partial charge in [0.2, 0.25) is 17.7 Å². The van der Waals surface area contributed by atoms with Crippen LogP contribution in [0.25, 0.3) is 0 Å². The molecule has 1 unspecified atom stereocenters. The molecule has 0 spiro atoms. The molecule has 0 saturated carbocycles. The Hall–Kier alpha value is -3.89. The van der Waals surface area contributed by atoms with Crippen LogP contribution in [0.3, 0.4) is 0 Å². The summed E-state index contributed by atoms with van der Waals surface area (Å²) in [6, 6.07) is 11.8. The van der Waals surface area contributed by atoms with Crippen molar-refractivity contribution in [1.29, 1.82) is 0 Å². The Balaban J connectivity index is 2.02. The zero-order chi connectivity index (χ0) is 35.4. The molecule has 0 saturated heterocycles. The molecule has 3 rings (SSSR count). The number of halogens is 2. The van der Waals surface area contributed by atoms with Gasteiger partial charge in [0.05, 0.1) is 17.6 Å². The minimum atomic E-state index is -1.58. The van der Waals surface area contributed by atoms with Crippen LogP contribution in [-0.2, 0) is 27.2 Å². The number of carbonyl (C=O) groups is 3. The van der Waals surface area contributed by atoms with E-state index in [1.807, 2.05) is 58.0 Å². The maximum Gasteiger partial charge on any atom is 0.249 e. The first-order chi connectivity index (χ1) is 22.8. The monoisotopic (exact) mass is 666 g/mol. The number of hydrogen-bond donors (Lipinski definition) is 4. The maximum atomic E-state index is 14.4. The lowest BCUT2D eigenvalue weighted by atomic mass is 9.63. The zero-order valence-corrected chi connectivity index (χ0v) is 28.9. The SMILES string of the molecule is CCCN(CCC)C(=O)C1=CC(C)=CC(C(N)=O)([C@H](Cc2cc(F)cc(F)c2)[C@@H](O)CN[C@@H](Cc2ccccc2)C(=O)NCC(C)C)C1. The Bertz CT molecular complexity index is 1440. The van der Waals surface area contributed by atoms with E-state index in [1.54, 1.807) is 24.0 Å². The molecule has 3 amide bonds. The molecule has 2 aromatic carbocycles. The van der Waals surface area contributed by atoms with Gasteiger partial charge in [0.25, 0.3) is 0 Å². The van der Waals surface area contributed by atoms with Crippen LogP contribution in [0.4, 0.5) is 8.78 Å². The second-order valence-electron chi connectivity index (χ2n) is 13.4. The Morgan fingerprint density at radius 1 is 0.958 bits per heavy atom. The number of nitrogens with zero attached hydrogens (tertiary/aromatic N) is 1. The topological polar surface area (TPSA) is 125 Å². The largest absolute Gasteiger partial charge is 0.391 e. The fraction of sp³-hybridized carbons (Fsp3) is 0.500. The van der Waals surface area contributed by atoms with E-state index in [-0.39, 0.29) is 42.7 Å². The highest BCUT2D eigenvalue weighted by atomic mass is 19.1. The van der Waals surface area contributed by atoms with E-state index in [0.29, 0.717) is 37.2 Å². The lowest BCUT2D eigenvalue weighted by molar-refractivity contribution is -0.132. The van der Waals surface area contributed by atoms with Crippen molar-refractivity contribution >= 4 is 17.7 Å². The van der Waals surface area contributed by atoms with Gasteiger partial charge in [-0.15, -0.1) is 0 Å². The summed E-state index contributed by atoms with van der Waals surface area (Å²) >= 11 is 0. The molecule has 0 aromatic heterocycles. The Kier molecular flexibility index (Phi) is 14.5. The summed E-state index contributed by atoms with van der Waals surface area (Å²) in [5.74, 6) is -3.62. The number of aliphatic hydroxyl groups excluding tert-OH is 1. The van der Waals surface area contributed by atoms with Crippen LogP contribution in [0.15, 0.2) is 71.8 Å². The fourth-order valence-electron chi connectivity index (χ4n) is 6.50. The highest BCUT2D eigenvalue weighted by Gasteiger charge is 2.48. The Morgan fingerprint density at radius 2 is 1.58 bits per heavy atom. The van der Waals surface area contributed by atoms with Crippen molar-refractivity contribution in [2.24, 2.45) is 23.0 Å². The molecule has 2 aromatic rings. The molecule has 5 N–H and O–H groups in total. The van der Waals surface area contributed by atoms with Gasteiger partial charge >= 0.3 is 0 Å². The third kappa shape index (κ3) is 10.6. The lowest BCUT2D eigenvalue weighted by Gasteiger charge is -2.42. The van der Waals surface area contributed by atoms with Gasteiger partial charge < -0.3 is 26.4 Å². The molecular weight excluding hydrogens is 614 g/mol. The van der Waals surface area contributed by atoms with Crippen LogP contribution >= 0.6 is 0 Å². The number of nitrogens with one attached hydrogen (secondary N) is 2.